The number of ether oxygens (including phenoxy) is 1. The fourth-order valence-corrected chi connectivity index (χ4v) is 1.71. The second kappa shape index (κ2) is 4.87. The molecule has 0 saturated heterocycles. The molecule has 2 aromatic rings. The molecule has 8 heteroatoms. The third-order valence-electron chi connectivity index (χ3n) is 2.58. The molecule has 0 fully saturated rings. The number of carboxylic acids is 1. The third-order valence-corrected chi connectivity index (χ3v) is 2.58. The van der Waals surface area contributed by atoms with E-state index >= 15 is 0 Å². The number of aromatic carboxylic acids is 1. The van der Waals surface area contributed by atoms with E-state index in [9.17, 15) is 18.0 Å². The molecule has 2 aromatic heterocycles. The first-order valence-corrected chi connectivity index (χ1v) is 5.36. The zero-order valence-electron chi connectivity index (χ0n) is 10.2. The number of rotatable bonds is 3. The summed E-state index contributed by atoms with van der Waals surface area (Å²) < 4.78 is 44.3. The van der Waals surface area contributed by atoms with Gasteiger partial charge in [0, 0.05) is 18.6 Å². The number of methoxy groups -OCH3 is 1. The van der Waals surface area contributed by atoms with Crippen LogP contribution in [0.3, 0.4) is 0 Å². The number of hydrogen-bond acceptors (Lipinski definition) is 3. The van der Waals surface area contributed by atoms with Crippen molar-refractivity contribution in [3.8, 4) is 11.6 Å². The third kappa shape index (κ3) is 2.44. The van der Waals surface area contributed by atoms with E-state index in [0.29, 0.717) is 6.20 Å². The summed E-state index contributed by atoms with van der Waals surface area (Å²) in [5.74, 6) is -1.35. The van der Waals surface area contributed by atoms with Crippen molar-refractivity contribution in [2.24, 2.45) is 0 Å². The SMILES string of the molecule is COc1cccnc1-n1cc(C(=O)O)c(C(F)(F)F)c1. The molecule has 106 valence electrons. The summed E-state index contributed by atoms with van der Waals surface area (Å²) >= 11 is 0. The Labute approximate surface area is 111 Å². The van der Waals surface area contributed by atoms with Gasteiger partial charge in [0.15, 0.2) is 11.6 Å². The van der Waals surface area contributed by atoms with E-state index in [1.165, 1.54) is 19.4 Å². The second-order valence-electron chi connectivity index (χ2n) is 3.82. The van der Waals surface area contributed by atoms with Crippen molar-refractivity contribution in [1.29, 1.82) is 0 Å². The Balaban J connectivity index is 2.62. The topological polar surface area (TPSA) is 64.4 Å². The Bertz CT molecular complexity index is 650. The number of aromatic nitrogens is 2. The van der Waals surface area contributed by atoms with E-state index in [1.54, 1.807) is 6.07 Å². The minimum absolute atomic E-state index is 0.0769. The van der Waals surface area contributed by atoms with Gasteiger partial charge in [-0.15, -0.1) is 0 Å². The summed E-state index contributed by atoms with van der Waals surface area (Å²) in [6.07, 6.45) is -1.86. The highest BCUT2D eigenvalue weighted by Gasteiger charge is 2.37. The molecule has 0 bridgehead atoms. The zero-order chi connectivity index (χ0) is 14.9. The van der Waals surface area contributed by atoms with Crippen molar-refractivity contribution in [3.05, 3.63) is 41.9 Å². The molecule has 1 N–H and O–H groups in total. The van der Waals surface area contributed by atoms with E-state index in [0.717, 1.165) is 10.8 Å². The van der Waals surface area contributed by atoms with Crippen LogP contribution in [0, 0.1) is 0 Å². The molecular formula is C12H9F3N2O3. The first-order valence-electron chi connectivity index (χ1n) is 5.36. The highest BCUT2D eigenvalue weighted by Crippen LogP contribution is 2.34. The summed E-state index contributed by atoms with van der Waals surface area (Å²) in [6.45, 7) is 0. The molecule has 2 heterocycles. The summed E-state index contributed by atoms with van der Waals surface area (Å²) in [7, 11) is 1.34. The molecule has 0 saturated carbocycles. The number of halogens is 3. The Morgan fingerprint density at radius 3 is 2.60 bits per heavy atom. The standard InChI is InChI=1S/C12H9F3N2O3/c1-20-9-3-2-4-16-10(9)17-5-7(11(18)19)8(6-17)12(13,14)15/h2-6H,1H3,(H,18,19). The van der Waals surface area contributed by atoms with Crippen LogP contribution in [0.4, 0.5) is 13.2 Å². The van der Waals surface area contributed by atoms with Crippen molar-refractivity contribution in [1.82, 2.24) is 9.55 Å². The fraction of sp³-hybridized carbons (Fsp3) is 0.167. The molecule has 0 aliphatic rings. The van der Waals surface area contributed by atoms with Gasteiger partial charge in [0.25, 0.3) is 0 Å². The zero-order valence-corrected chi connectivity index (χ0v) is 10.2. The van der Waals surface area contributed by atoms with Gasteiger partial charge in [-0.05, 0) is 12.1 Å². The monoisotopic (exact) mass is 286 g/mol. The Morgan fingerprint density at radius 1 is 1.40 bits per heavy atom. The van der Waals surface area contributed by atoms with Crippen molar-refractivity contribution in [2.45, 2.75) is 6.18 Å². The van der Waals surface area contributed by atoms with Gasteiger partial charge >= 0.3 is 12.1 Å². The van der Waals surface area contributed by atoms with Crippen molar-refractivity contribution in [3.63, 3.8) is 0 Å². The number of carbonyl (C=O) groups is 1. The maximum atomic E-state index is 12.8. The molecular weight excluding hydrogens is 277 g/mol. The van der Waals surface area contributed by atoms with Crippen molar-refractivity contribution < 1.29 is 27.8 Å². The van der Waals surface area contributed by atoms with Crippen molar-refractivity contribution >= 4 is 5.97 Å². The van der Waals surface area contributed by atoms with E-state index < -0.39 is 23.3 Å². The summed E-state index contributed by atoms with van der Waals surface area (Å²) in [4.78, 5) is 14.8. The maximum Gasteiger partial charge on any atom is 0.418 e. The van der Waals surface area contributed by atoms with Gasteiger partial charge in [-0.1, -0.05) is 0 Å². The van der Waals surface area contributed by atoms with Gasteiger partial charge < -0.3 is 14.4 Å². The summed E-state index contributed by atoms with van der Waals surface area (Å²) in [5, 5.41) is 8.85. The van der Waals surface area contributed by atoms with Gasteiger partial charge in [0.05, 0.1) is 18.2 Å². The Morgan fingerprint density at radius 2 is 2.10 bits per heavy atom. The van der Waals surface area contributed by atoms with E-state index in [2.05, 4.69) is 4.98 Å². The quantitative estimate of drug-likeness (QED) is 0.942. The number of alkyl halides is 3. The van der Waals surface area contributed by atoms with E-state index in [1.807, 2.05) is 0 Å². The lowest BCUT2D eigenvalue weighted by Gasteiger charge is -2.07. The van der Waals surface area contributed by atoms with Crippen LogP contribution in [0.15, 0.2) is 30.7 Å². The van der Waals surface area contributed by atoms with Crippen LogP contribution in [-0.4, -0.2) is 27.7 Å². The van der Waals surface area contributed by atoms with Gasteiger partial charge in [0.1, 0.15) is 0 Å². The molecule has 0 atom stereocenters. The van der Waals surface area contributed by atoms with E-state index in [-0.39, 0.29) is 11.6 Å². The largest absolute Gasteiger partial charge is 0.493 e. The highest BCUT2D eigenvalue weighted by atomic mass is 19.4. The van der Waals surface area contributed by atoms with Crippen LogP contribution in [0.5, 0.6) is 5.75 Å². The first-order chi connectivity index (χ1) is 9.34. The molecule has 0 aliphatic carbocycles. The van der Waals surface area contributed by atoms with Crippen molar-refractivity contribution in [2.75, 3.05) is 7.11 Å². The molecule has 2 rings (SSSR count). The molecule has 0 amide bonds. The van der Waals surface area contributed by atoms with Gasteiger partial charge in [-0.3, -0.25) is 0 Å². The lowest BCUT2D eigenvalue weighted by molar-refractivity contribution is -0.138. The number of hydrogen-bond donors (Lipinski definition) is 1. The van der Waals surface area contributed by atoms with Gasteiger partial charge in [-0.25, -0.2) is 9.78 Å². The maximum absolute atomic E-state index is 12.8. The predicted molar refractivity (Wildman–Crippen MR) is 62.1 cm³/mol. The molecule has 0 aliphatic heterocycles. The molecule has 0 aromatic carbocycles. The lowest BCUT2D eigenvalue weighted by atomic mass is 10.2. The Hall–Kier alpha value is -2.51. The lowest BCUT2D eigenvalue weighted by Crippen LogP contribution is -2.09. The molecule has 0 unspecified atom stereocenters. The highest BCUT2D eigenvalue weighted by molar-refractivity contribution is 5.89. The number of nitrogens with zero attached hydrogens (tertiary/aromatic N) is 2. The van der Waals surface area contributed by atoms with Crippen LogP contribution >= 0.6 is 0 Å². The molecule has 5 nitrogen and oxygen atoms in total. The number of carboxylic acid groups (broad SMARTS) is 1. The van der Waals surface area contributed by atoms with Gasteiger partial charge in [-0.2, -0.15) is 13.2 Å². The predicted octanol–water partition coefficient (Wildman–Crippen LogP) is 2.60. The average Bonchev–Trinajstić information content (AvgIpc) is 2.83. The smallest absolute Gasteiger partial charge is 0.418 e. The average molecular weight is 286 g/mol. The minimum Gasteiger partial charge on any atom is -0.493 e. The fourth-order valence-electron chi connectivity index (χ4n) is 1.71. The van der Waals surface area contributed by atoms with Crippen LogP contribution in [0.2, 0.25) is 0 Å². The van der Waals surface area contributed by atoms with Crippen LogP contribution in [0.1, 0.15) is 15.9 Å². The van der Waals surface area contributed by atoms with Crippen LogP contribution in [0.25, 0.3) is 5.82 Å². The minimum atomic E-state index is -4.76. The van der Waals surface area contributed by atoms with Crippen LogP contribution < -0.4 is 4.74 Å². The number of pyridine rings is 1. The Kier molecular flexibility index (Phi) is 3.39. The van der Waals surface area contributed by atoms with Crippen LogP contribution in [-0.2, 0) is 6.18 Å². The molecule has 0 spiro atoms. The summed E-state index contributed by atoms with van der Waals surface area (Å²) in [6, 6.07) is 3.06. The second-order valence-corrected chi connectivity index (χ2v) is 3.82. The summed E-state index contributed by atoms with van der Waals surface area (Å²) in [5.41, 5.74) is -2.08. The first kappa shape index (κ1) is 13.9. The molecule has 0 radical (unpaired) electrons. The molecule has 20 heavy (non-hydrogen) atoms. The van der Waals surface area contributed by atoms with E-state index in [4.69, 9.17) is 9.84 Å². The normalized spacial score (nSPS) is 11.4. The van der Waals surface area contributed by atoms with Gasteiger partial charge in [0.2, 0.25) is 0 Å².